The van der Waals surface area contributed by atoms with Crippen LogP contribution in [0.3, 0.4) is 0 Å². The third kappa shape index (κ3) is 3.05. The van der Waals surface area contributed by atoms with Crippen molar-refractivity contribution in [1.82, 2.24) is 10.2 Å². The first kappa shape index (κ1) is 12.2. The third-order valence-electron chi connectivity index (χ3n) is 2.32. The Bertz CT molecular complexity index is 273. The minimum Gasteiger partial charge on any atom is -0.326 e. The van der Waals surface area contributed by atoms with E-state index in [2.05, 4.69) is 25.0 Å². The lowest BCUT2D eigenvalue weighted by Crippen LogP contribution is -2.44. The van der Waals surface area contributed by atoms with Crippen LogP contribution in [0.15, 0.2) is 0 Å². The Morgan fingerprint density at radius 3 is 2.40 bits per heavy atom. The molecular formula is C10H20N2O2Si. The fraction of sp³-hybridized carbons (Fsp3) is 0.800. The molecule has 15 heavy (non-hydrogen) atoms. The largest absolute Gasteiger partial charge is 0.326 e. The maximum absolute atomic E-state index is 11.8. The number of hydrogen-bond acceptors (Lipinski definition) is 2. The number of rotatable bonds is 4. The van der Waals surface area contributed by atoms with E-state index in [-0.39, 0.29) is 18.0 Å². The van der Waals surface area contributed by atoms with Crippen LogP contribution in [0.25, 0.3) is 0 Å². The molecule has 3 amide bonds. The van der Waals surface area contributed by atoms with E-state index in [1.807, 2.05) is 6.92 Å². The third-order valence-corrected chi connectivity index (χ3v) is 3.58. The predicted octanol–water partition coefficient (Wildman–Crippen LogP) is 1.58. The van der Waals surface area contributed by atoms with Crippen LogP contribution in [-0.2, 0) is 4.79 Å². The standard InChI is InChI=1S/C10H20N2O2Si/c1-5-6-8-9(13)12(10(14)11-8)7-15(2,3)4/h8H,5-7H2,1-4H3,(H,11,14)/t8-/m1/s1. The van der Waals surface area contributed by atoms with Gasteiger partial charge < -0.3 is 5.32 Å². The number of carbonyl (C=O) groups excluding carboxylic acids is 2. The number of nitrogens with one attached hydrogen (secondary N) is 1. The molecule has 0 radical (unpaired) electrons. The summed E-state index contributed by atoms with van der Waals surface area (Å²) in [7, 11) is -1.41. The first-order valence-electron chi connectivity index (χ1n) is 5.47. The van der Waals surface area contributed by atoms with Gasteiger partial charge in [0.15, 0.2) is 0 Å². The van der Waals surface area contributed by atoms with Gasteiger partial charge in [0.2, 0.25) is 0 Å². The van der Waals surface area contributed by atoms with Crippen LogP contribution in [0, 0.1) is 0 Å². The Morgan fingerprint density at radius 1 is 1.33 bits per heavy atom. The SMILES string of the molecule is CCC[C@H]1NC(=O)N(C[Si](C)(C)C)C1=O. The van der Waals surface area contributed by atoms with Crippen molar-refractivity contribution in [3.05, 3.63) is 0 Å². The average Bonchev–Trinajstić information content (AvgIpc) is 2.32. The van der Waals surface area contributed by atoms with E-state index >= 15 is 0 Å². The molecule has 1 fully saturated rings. The lowest BCUT2D eigenvalue weighted by atomic mass is 10.2. The molecule has 1 aliphatic heterocycles. The van der Waals surface area contributed by atoms with Crippen LogP contribution in [0.4, 0.5) is 4.79 Å². The van der Waals surface area contributed by atoms with Crippen molar-refractivity contribution >= 4 is 20.0 Å². The molecule has 0 aromatic rings. The molecule has 0 unspecified atom stereocenters. The van der Waals surface area contributed by atoms with E-state index < -0.39 is 8.07 Å². The van der Waals surface area contributed by atoms with E-state index in [1.165, 1.54) is 4.90 Å². The first-order valence-corrected chi connectivity index (χ1v) is 9.18. The Balaban J connectivity index is 2.67. The number of nitrogens with zero attached hydrogens (tertiary/aromatic N) is 1. The summed E-state index contributed by atoms with van der Waals surface area (Å²) in [6, 6.07) is -0.486. The van der Waals surface area contributed by atoms with Gasteiger partial charge >= 0.3 is 6.03 Å². The summed E-state index contributed by atoms with van der Waals surface area (Å²) in [5.74, 6) is -0.0377. The summed E-state index contributed by atoms with van der Waals surface area (Å²) in [5.41, 5.74) is 0. The van der Waals surface area contributed by atoms with Gasteiger partial charge in [-0.25, -0.2) is 4.79 Å². The second kappa shape index (κ2) is 4.34. The van der Waals surface area contributed by atoms with Crippen molar-refractivity contribution in [3.8, 4) is 0 Å². The summed E-state index contributed by atoms with van der Waals surface area (Å²) in [6.45, 7) is 8.47. The van der Waals surface area contributed by atoms with Crippen molar-refractivity contribution in [2.75, 3.05) is 6.17 Å². The zero-order valence-corrected chi connectivity index (χ0v) is 11.0. The Morgan fingerprint density at radius 2 is 1.93 bits per heavy atom. The lowest BCUT2D eigenvalue weighted by molar-refractivity contribution is -0.127. The van der Waals surface area contributed by atoms with Gasteiger partial charge in [0, 0.05) is 6.17 Å². The molecule has 0 aromatic carbocycles. The normalized spacial score (nSPS) is 22.1. The number of amides is 3. The zero-order chi connectivity index (χ0) is 11.6. The summed E-state index contributed by atoms with van der Waals surface area (Å²) in [5, 5.41) is 2.74. The topological polar surface area (TPSA) is 49.4 Å². The maximum Gasteiger partial charge on any atom is 0.324 e. The van der Waals surface area contributed by atoms with Crippen molar-refractivity contribution in [3.63, 3.8) is 0 Å². The highest BCUT2D eigenvalue weighted by atomic mass is 28.3. The first-order chi connectivity index (χ1) is 6.85. The molecule has 0 bridgehead atoms. The molecule has 4 nitrogen and oxygen atoms in total. The van der Waals surface area contributed by atoms with Gasteiger partial charge in [-0.2, -0.15) is 0 Å². The highest BCUT2D eigenvalue weighted by Crippen LogP contribution is 2.14. The molecule has 1 aliphatic rings. The molecule has 86 valence electrons. The lowest BCUT2D eigenvalue weighted by Gasteiger charge is -2.22. The highest BCUT2D eigenvalue weighted by Gasteiger charge is 2.39. The fourth-order valence-electron chi connectivity index (χ4n) is 1.69. The summed E-state index contributed by atoms with van der Waals surface area (Å²) >= 11 is 0. The summed E-state index contributed by atoms with van der Waals surface area (Å²) in [6.07, 6.45) is 2.28. The van der Waals surface area contributed by atoms with Gasteiger partial charge in [-0.1, -0.05) is 33.0 Å². The molecule has 1 rings (SSSR count). The second-order valence-corrected chi connectivity index (χ2v) is 10.7. The van der Waals surface area contributed by atoms with Gasteiger partial charge in [0.1, 0.15) is 6.04 Å². The highest BCUT2D eigenvalue weighted by molar-refractivity contribution is 6.76. The van der Waals surface area contributed by atoms with Gasteiger partial charge in [0.05, 0.1) is 8.07 Å². The van der Waals surface area contributed by atoms with Gasteiger partial charge in [-0.15, -0.1) is 0 Å². The quantitative estimate of drug-likeness (QED) is 0.587. The van der Waals surface area contributed by atoms with Gasteiger partial charge in [-0.05, 0) is 6.42 Å². The van der Waals surface area contributed by atoms with Crippen LogP contribution in [0.2, 0.25) is 19.6 Å². The van der Waals surface area contributed by atoms with Crippen molar-refractivity contribution < 1.29 is 9.59 Å². The fourth-order valence-corrected chi connectivity index (χ4v) is 2.93. The second-order valence-electron chi connectivity index (χ2n) is 5.28. The van der Waals surface area contributed by atoms with E-state index in [0.29, 0.717) is 6.17 Å². The predicted molar refractivity (Wildman–Crippen MR) is 62.3 cm³/mol. The van der Waals surface area contributed by atoms with Crippen LogP contribution in [0.1, 0.15) is 19.8 Å². The number of hydrogen-bond donors (Lipinski definition) is 1. The van der Waals surface area contributed by atoms with E-state index in [0.717, 1.165) is 12.8 Å². The summed E-state index contributed by atoms with van der Waals surface area (Å²) in [4.78, 5) is 24.8. The van der Waals surface area contributed by atoms with Crippen molar-refractivity contribution in [1.29, 1.82) is 0 Å². The average molecular weight is 228 g/mol. The number of urea groups is 1. The van der Waals surface area contributed by atoms with Crippen molar-refractivity contribution in [2.24, 2.45) is 0 Å². The molecule has 0 aliphatic carbocycles. The Kier molecular flexibility index (Phi) is 3.54. The van der Waals surface area contributed by atoms with Crippen LogP contribution < -0.4 is 5.32 Å². The minimum atomic E-state index is -1.41. The Hall–Kier alpha value is -0.843. The molecule has 5 heteroatoms. The zero-order valence-electron chi connectivity index (χ0n) is 9.96. The minimum absolute atomic E-state index is 0.0377. The van der Waals surface area contributed by atoms with Crippen LogP contribution in [0.5, 0.6) is 0 Å². The van der Waals surface area contributed by atoms with Crippen LogP contribution in [-0.4, -0.2) is 37.1 Å². The van der Waals surface area contributed by atoms with E-state index in [1.54, 1.807) is 0 Å². The monoisotopic (exact) mass is 228 g/mol. The van der Waals surface area contributed by atoms with Crippen molar-refractivity contribution in [2.45, 2.75) is 45.4 Å². The number of carbonyl (C=O) groups is 2. The molecule has 1 N–H and O–H groups in total. The summed E-state index contributed by atoms with van der Waals surface area (Å²) < 4.78 is 0. The van der Waals surface area contributed by atoms with E-state index in [4.69, 9.17) is 0 Å². The number of imide groups is 1. The molecule has 0 spiro atoms. The molecule has 0 saturated carbocycles. The molecule has 1 atom stereocenters. The maximum atomic E-state index is 11.8. The Labute approximate surface area is 92.0 Å². The molecule has 1 heterocycles. The van der Waals surface area contributed by atoms with Crippen LogP contribution >= 0.6 is 0 Å². The van der Waals surface area contributed by atoms with Gasteiger partial charge in [-0.3, -0.25) is 9.69 Å². The molecular weight excluding hydrogens is 208 g/mol. The molecule has 1 saturated heterocycles. The van der Waals surface area contributed by atoms with E-state index in [9.17, 15) is 9.59 Å². The smallest absolute Gasteiger partial charge is 0.324 e. The molecule has 0 aromatic heterocycles. The van der Waals surface area contributed by atoms with Gasteiger partial charge in [0.25, 0.3) is 5.91 Å².